The fraction of sp³-hybridized carbons (Fsp3) is 0.160. The molecule has 0 aliphatic rings. The molecule has 0 saturated heterocycles. The van der Waals surface area contributed by atoms with Crippen LogP contribution >= 0.6 is 0 Å². The van der Waals surface area contributed by atoms with Gasteiger partial charge in [-0.2, -0.15) is 0 Å². The van der Waals surface area contributed by atoms with Crippen LogP contribution in [0.1, 0.15) is 24.2 Å². The number of para-hydroxylation sites is 2. The third kappa shape index (κ3) is 4.98. The van der Waals surface area contributed by atoms with Crippen molar-refractivity contribution in [1.82, 2.24) is 9.97 Å². The number of hydrogen-bond acceptors (Lipinski definition) is 5. The number of methoxy groups -OCH3 is 2. The van der Waals surface area contributed by atoms with Gasteiger partial charge in [0.2, 0.25) is 0 Å². The highest BCUT2D eigenvalue weighted by Crippen LogP contribution is 2.28. The Labute approximate surface area is 181 Å². The van der Waals surface area contributed by atoms with E-state index in [1.54, 1.807) is 31.5 Å². The smallest absolute Gasteiger partial charge is 0.255 e. The quantitative estimate of drug-likeness (QED) is 0.460. The standard InChI is InChI=1S/C23H19N3O3.C2H6/c1-28-21-11-10-16(13-22(21)29-2)23(27)25-17-7-5-6-15(12-17)20-14-24-18-8-3-4-9-19(18)26-20;1-2/h3-14H,1-2H3,(H,25,27);1-2H3. The Morgan fingerprint density at radius 3 is 2.32 bits per heavy atom. The predicted octanol–water partition coefficient (Wildman–Crippen LogP) is 5.59. The maximum atomic E-state index is 12.7. The second kappa shape index (κ2) is 10.2. The third-order valence-electron chi connectivity index (χ3n) is 4.51. The number of hydrogen-bond donors (Lipinski definition) is 1. The highest BCUT2D eigenvalue weighted by atomic mass is 16.5. The highest BCUT2D eigenvalue weighted by Gasteiger charge is 2.12. The Hall–Kier alpha value is -3.93. The van der Waals surface area contributed by atoms with Gasteiger partial charge in [-0.25, -0.2) is 4.98 Å². The maximum absolute atomic E-state index is 12.7. The molecule has 0 atom stereocenters. The number of carbonyl (C=O) groups excluding carboxylic acids is 1. The molecule has 3 aromatic carbocycles. The van der Waals surface area contributed by atoms with Gasteiger partial charge in [-0.05, 0) is 42.5 Å². The van der Waals surface area contributed by atoms with Crippen LogP contribution in [-0.2, 0) is 0 Å². The monoisotopic (exact) mass is 415 g/mol. The van der Waals surface area contributed by atoms with E-state index >= 15 is 0 Å². The molecule has 1 amide bonds. The molecule has 6 nitrogen and oxygen atoms in total. The van der Waals surface area contributed by atoms with Crippen LogP contribution in [-0.4, -0.2) is 30.1 Å². The third-order valence-corrected chi connectivity index (χ3v) is 4.51. The van der Waals surface area contributed by atoms with Crippen LogP contribution in [0.3, 0.4) is 0 Å². The molecule has 0 aliphatic carbocycles. The average Bonchev–Trinajstić information content (AvgIpc) is 2.84. The number of nitrogens with one attached hydrogen (secondary N) is 1. The number of amides is 1. The minimum Gasteiger partial charge on any atom is -0.493 e. The molecule has 0 spiro atoms. The lowest BCUT2D eigenvalue weighted by Crippen LogP contribution is -2.12. The van der Waals surface area contributed by atoms with Gasteiger partial charge < -0.3 is 14.8 Å². The Bertz CT molecular complexity index is 1190. The molecule has 1 heterocycles. The summed E-state index contributed by atoms with van der Waals surface area (Å²) in [5, 5.41) is 2.91. The topological polar surface area (TPSA) is 73.3 Å². The van der Waals surface area contributed by atoms with Gasteiger partial charge in [-0.15, -0.1) is 0 Å². The fourth-order valence-corrected chi connectivity index (χ4v) is 3.03. The summed E-state index contributed by atoms with van der Waals surface area (Å²) < 4.78 is 10.5. The lowest BCUT2D eigenvalue weighted by molar-refractivity contribution is 0.102. The number of aromatic nitrogens is 2. The molecule has 31 heavy (non-hydrogen) atoms. The largest absolute Gasteiger partial charge is 0.493 e. The van der Waals surface area contributed by atoms with Crippen molar-refractivity contribution < 1.29 is 14.3 Å². The van der Waals surface area contributed by atoms with Gasteiger partial charge in [0.1, 0.15) is 0 Å². The number of benzene rings is 3. The molecule has 4 aromatic rings. The van der Waals surface area contributed by atoms with Gasteiger partial charge in [-0.3, -0.25) is 9.78 Å². The van der Waals surface area contributed by atoms with E-state index in [-0.39, 0.29) is 5.91 Å². The summed E-state index contributed by atoms with van der Waals surface area (Å²) in [6.07, 6.45) is 1.73. The Kier molecular flexibility index (Phi) is 7.17. The van der Waals surface area contributed by atoms with Crippen LogP contribution in [0, 0.1) is 0 Å². The molecule has 1 aromatic heterocycles. The van der Waals surface area contributed by atoms with Crippen LogP contribution in [0.2, 0.25) is 0 Å². The number of rotatable bonds is 5. The Morgan fingerprint density at radius 2 is 1.58 bits per heavy atom. The first-order chi connectivity index (χ1) is 15.2. The van der Waals surface area contributed by atoms with Crippen LogP contribution in [0.5, 0.6) is 11.5 Å². The molecule has 6 heteroatoms. The van der Waals surface area contributed by atoms with E-state index in [1.165, 1.54) is 7.11 Å². The lowest BCUT2D eigenvalue weighted by Gasteiger charge is -2.11. The summed E-state index contributed by atoms with van der Waals surface area (Å²) in [5.41, 5.74) is 4.41. The number of carbonyl (C=O) groups is 1. The molecule has 0 radical (unpaired) electrons. The Morgan fingerprint density at radius 1 is 0.839 bits per heavy atom. The molecule has 158 valence electrons. The molecule has 0 bridgehead atoms. The van der Waals surface area contributed by atoms with Crippen molar-refractivity contribution in [1.29, 1.82) is 0 Å². The minimum absolute atomic E-state index is 0.243. The zero-order valence-electron chi connectivity index (χ0n) is 18.0. The van der Waals surface area contributed by atoms with Crippen molar-refractivity contribution in [2.24, 2.45) is 0 Å². The van der Waals surface area contributed by atoms with Gasteiger partial charge in [0.15, 0.2) is 11.5 Å². The number of ether oxygens (including phenoxy) is 2. The van der Waals surface area contributed by atoms with Crippen molar-refractivity contribution in [3.63, 3.8) is 0 Å². The van der Waals surface area contributed by atoms with Crippen molar-refractivity contribution >= 4 is 22.6 Å². The summed E-state index contributed by atoms with van der Waals surface area (Å²) in [7, 11) is 3.09. The van der Waals surface area contributed by atoms with E-state index in [0.29, 0.717) is 22.7 Å². The van der Waals surface area contributed by atoms with Crippen LogP contribution in [0.4, 0.5) is 5.69 Å². The number of anilines is 1. The molecule has 0 unspecified atom stereocenters. The second-order valence-corrected chi connectivity index (χ2v) is 6.35. The van der Waals surface area contributed by atoms with E-state index in [1.807, 2.05) is 62.4 Å². The summed E-state index contributed by atoms with van der Waals surface area (Å²) in [6.45, 7) is 4.00. The SMILES string of the molecule is CC.COc1ccc(C(=O)Nc2cccc(-c3cnc4ccccc4n3)c2)cc1OC. The van der Waals surface area contributed by atoms with Crippen molar-refractivity contribution in [3.05, 3.63) is 78.5 Å². The highest BCUT2D eigenvalue weighted by molar-refractivity contribution is 6.05. The average molecular weight is 415 g/mol. The van der Waals surface area contributed by atoms with E-state index in [2.05, 4.69) is 15.3 Å². The molecular weight excluding hydrogens is 390 g/mol. The van der Waals surface area contributed by atoms with Crippen molar-refractivity contribution in [3.8, 4) is 22.8 Å². The van der Waals surface area contributed by atoms with Crippen LogP contribution in [0.25, 0.3) is 22.3 Å². The first-order valence-electron chi connectivity index (χ1n) is 10.0. The van der Waals surface area contributed by atoms with Gasteiger partial charge in [0, 0.05) is 16.8 Å². The molecule has 4 rings (SSSR count). The van der Waals surface area contributed by atoms with E-state index in [9.17, 15) is 4.79 Å². The number of fused-ring (bicyclic) bond motifs is 1. The van der Waals surface area contributed by atoms with Gasteiger partial charge in [0.25, 0.3) is 5.91 Å². The van der Waals surface area contributed by atoms with Crippen LogP contribution < -0.4 is 14.8 Å². The van der Waals surface area contributed by atoms with E-state index < -0.39 is 0 Å². The van der Waals surface area contributed by atoms with Crippen LogP contribution in [0.15, 0.2) is 72.9 Å². The van der Waals surface area contributed by atoms with Gasteiger partial charge in [-0.1, -0.05) is 38.1 Å². The Balaban J connectivity index is 0.00000132. The zero-order chi connectivity index (χ0) is 22.2. The minimum atomic E-state index is -0.243. The molecular formula is C25H25N3O3. The predicted molar refractivity (Wildman–Crippen MR) is 124 cm³/mol. The summed E-state index contributed by atoms with van der Waals surface area (Å²) >= 11 is 0. The summed E-state index contributed by atoms with van der Waals surface area (Å²) in [5.74, 6) is 0.828. The van der Waals surface area contributed by atoms with Gasteiger partial charge >= 0.3 is 0 Å². The second-order valence-electron chi connectivity index (χ2n) is 6.35. The van der Waals surface area contributed by atoms with Gasteiger partial charge in [0.05, 0.1) is 37.1 Å². The first-order valence-corrected chi connectivity index (χ1v) is 10.0. The summed E-state index contributed by atoms with van der Waals surface area (Å²) in [4.78, 5) is 21.8. The zero-order valence-corrected chi connectivity index (χ0v) is 18.0. The summed E-state index contributed by atoms with van der Waals surface area (Å²) in [6, 6.07) is 20.3. The normalized spacial score (nSPS) is 10.1. The van der Waals surface area contributed by atoms with Crippen molar-refractivity contribution in [2.45, 2.75) is 13.8 Å². The maximum Gasteiger partial charge on any atom is 0.255 e. The fourth-order valence-electron chi connectivity index (χ4n) is 3.03. The molecule has 0 saturated carbocycles. The number of nitrogens with zero attached hydrogens (tertiary/aromatic N) is 2. The first kappa shape index (κ1) is 21.8. The lowest BCUT2D eigenvalue weighted by atomic mass is 10.1. The molecule has 0 fully saturated rings. The molecule has 1 N–H and O–H groups in total. The van der Waals surface area contributed by atoms with E-state index in [0.717, 1.165) is 22.3 Å². The molecule has 0 aliphatic heterocycles. The van der Waals surface area contributed by atoms with E-state index in [4.69, 9.17) is 9.47 Å². The van der Waals surface area contributed by atoms with Crippen molar-refractivity contribution in [2.75, 3.05) is 19.5 Å².